The van der Waals surface area contributed by atoms with Crippen molar-refractivity contribution in [2.45, 2.75) is 13.5 Å². The topological polar surface area (TPSA) is 120 Å². The number of halogens is 1. The standard InChI is InChI=1S/C21H17ClN4O5/c1-14-2-4-15(5-3-14)13-31-21-9-6-17(22)10-16(21)12-23-24-19-8-7-18(25(27)28)11-20(19)26(29)30/h2-12,24H,13H2,1H3/b23-12+. The van der Waals surface area contributed by atoms with Crippen LogP contribution in [-0.2, 0) is 6.61 Å². The molecule has 0 heterocycles. The number of hydrazone groups is 1. The van der Waals surface area contributed by atoms with Crippen molar-refractivity contribution in [3.05, 3.63) is 103 Å². The van der Waals surface area contributed by atoms with Gasteiger partial charge in [0.2, 0.25) is 0 Å². The summed E-state index contributed by atoms with van der Waals surface area (Å²) >= 11 is 6.07. The molecule has 3 aromatic carbocycles. The van der Waals surface area contributed by atoms with Crippen molar-refractivity contribution in [2.24, 2.45) is 5.10 Å². The first kappa shape index (κ1) is 21.7. The van der Waals surface area contributed by atoms with Crippen molar-refractivity contribution in [1.82, 2.24) is 0 Å². The van der Waals surface area contributed by atoms with Gasteiger partial charge in [-0.15, -0.1) is 0 Å². The molecule has 0 bridgehead atoms. The maximum Gasteiger partial charge on any atom is 0.301 e. The normalized spacial score (nSPS) is 10.8. The van der Waals surface area contributed by atoms with Crippen molar-refractivity contribution in [3.8, 4) is 5.75 Å². The Labute approximate surface area is 182 Å². The fourth-order valence-corrected chi connectivity index (χ4v) is 2.83. The van der Waals surface area contributed by atoms with Crippen molar-refractivity contribution >= 4 is 34.9 Å². The number of nitrogens with one attached hydrogen (secondary N) is 1. The molecule has 0 unspecified atom stereocenters. The minimum atomic E-state index is -0.722. The molecule has 0 aliphatic heterocycles. The highest BCUT2D eigenvalue weighted by atomic mass is 35.5. The summed E-state index contributed by atoms with van der Waals surface area (Å²) in [5, 5.41) is 26.5. The quantitative estimate of drug-likeness (QED) is 0.281. The zero-order chi connectivity index (χ0) is 22.4. The highest BCUT2D eigenvalue weighted by Gasteiger charge is 2.19. The number of aryl methyl sites for hydroxylation is 1. The first-order chi connectivity index (χ1) is 14.8. The first-order valence-corrected chi connectivity index (χ1v) is 9.41. The Balaban J connectivity index is 1.77. The third-order valence-corrected chi connectivity index (χ3v) is 4.50. The number of rotatable bonds is 8. The Morgan fingerprint density at radius 3 is 2.45 bits per heavy atom. The van der Waals surface area contributed by atoms with Gasteiger partial charge in [0, 0.05) is 16.7 Å². The molecule has 0 spiro atoms. The van der Waals surface area contributed by atoms with Gasteiger partial charge in [-0.3, -0.25) is 25.7 Å². The Kier molecular flexibility index (Phi) is 6.78. The number of ether oxygens (including phenoxy) is 1. The van der Waals surface area contributed by atoms with Gasteiger partial charge in [-0.05, 0) is 36.8 Å². The number of nitro benzene ring substituents is 2. The van der Waals surface area contributed by atoms with Crippen LogP contribution in [0.25, 0.3) is 0 Å². The number of nitrogens with zero attached hydrogens (tertiary/aromatic N) is 3. The van der Waals surface area contributed by atoms with Crippen LogP contribution < -0.4 is 10.2 Å². The highest BCUT2D eigenvalue weighted by molar-refractivity contribution is 6.30. The van der Waals surface area contributed by atoms with Crippen LogP contribution in [0.3, 0.4) is 0 Å². The largest absolute Gasteiger partial charge is 0.488 e. The fraction of sp³-hybridized carbons (Fsp3) is 0.0952. The van der Waals surface area contributed by atoms with E-state index in [1.165, 1.54) is 12.3 Å². The predicted molar refractivity (Wildman–Crippen MR) is 118 cm³/mol. The van der Waals surface area contributed by atoms with Crippen LogP contribution in [-0.4, -0.2) is 16.1 Å². The van der Waals surface area contributed by atoms with Gasteiger partial charge < -0.3 is 4.74 Å². The average molecular weight is 441 g/mol. The molecule has 158 valence electrons. The zero-order valence-electron chi connectivity index (χ0n) is 16.3. The maximum absolute atomic E-state index is 11.2. The van der Waals surface area contributed by atoms with Gasteiger partial charge in [-0.25, -0.2) is 0 Å². The monoisotopic (exact) mass is 440 g/mol. The number of anilines is 1. The minimum absolute atomic E-state index is 0.0102. The summed E-state index contributed by atoms with van der Waals surface area (Å²) in [6.45, 7) is 2.34. The minimum Gasteiger partial charge on any atom is -0.488 e. The Morgan fingerprint density at radius 2 is 1.77 bits per heavy atom. The Hall–Kier alpha value is -3.98. The van der Waals surface area contributed by atoms with E-state index in [0.29, 0.717) is 22.9 Å². The summed E-state index contributed by atoms with van der Waals surface area (Å²) < 4.78 is 5.86. The molecule has 0 aliphatic rings. The number of non-ortho nitro benzene ring substituents is 1. The fourth-order valence-electron chi connectivity index (χ4n) is 2.65. The maximum atomic E-state index is 11.2. The van der Waals surface area contributed by atoms with E-state index in [4.69, 9.17) is 16.3 Å². The number of nitro groups is 2. The van der Waals surface area contributed by atoms with E-state index in [0.717, 1.165) is 23.3 Å². The first-order valence-electron chi connectivity index (χ1n) is 9.03. The number of hydrogen-bond donors (Lipinski definition) is 1. The van der Waals surface area contributed by atoms with Crippen LogP contribution in [0.15, 0.2) is 65.8 Å². The molecule has 10 heteroatoms. The molecular weight excluding hydrogens is 424 g/mol. The molecule has 9 nitrogen and oxygen atoms in total. The number of hydrogen-bond acceptors (Lipinski definition) is 7. The number of benzene rings is 3. The molecule has 0 saturated heterocycles. The summed E-state index contributed by atoms with van der Waals surface area (Å²) in [7, 11) is 0. The lowest BCUT2D eigenvalue weighted by Gasteiger charge is -2.10. The highest BCUT2D eigenvalue weighted by Crippen LogP contribution is 2.29. The van der Waals surface area contributed by atoms with Gasteiger partial charge in [0.05, 0.1) is 22.1 Å². The van der Waals surface area contributed by atoms with Crippen molar-refractivity contribution in [3.63, 3.8) is 0 Å². The second-order valence-corrected chi connectivity index (χ2v) is 6.98. The van der Waals surface area contributed by atoms with E-state index in [9.17, 15) is 20.2 Å². The van der Waals surface area contributed by atoms with E-state index in [1.807, 2.05) is 31.2 Å². The SMILES string of the molecule is Cc1ccc(COc2ccc(Cl)cc2/C=N/Nc2ccc([N+](=O)[O-])cc2[N+](=O)[O-])cc1. The van der Waals surface area contributed by atoms with E-state index in [1.54, 1.807) is 18.2 Å². The molecule has 3 rings (SSSR count). The lowest BCUT2D eigenvalue weighted by Crippen LogP contribution is -2.01. The Morgan fingerprint density at radius 1 is 1.03 bits per heavy atom. The molecular formula is C21H17ClN4O5. The molecule has 0 atom stereocenters. The predicted octanol–water partition coefficient (Wildman–Crippen LogP) is 5.49. The van der Waals surface area contributed by atoms with Crippen LogP contribution in [0.5, 0.6) is 5.75 Å². The van der Waals surface area contributed by atoms with Gasteiger partial charge >= 0.3 is 5.69 Å². The summed E-state index contributed by atoms with van der Waals surface area (Å²) in [6, 6.07) is 16.2. The van der Waals surface area contributed by atoms with Crippen LogP contribution in [0.4, 0.5) is 17.1 Å². The van der Waals surface area contributed by atoms with E-state index in [2.05, 4.69) is 10.5 Å². The van der Waals surface area contributed by atoms with Crippen LogP contribution in [0, 0.1) is 27.2 Å². The third-order valence-electron chi connectivity index (χ3n) is 4.26. The van der Waals surface area contributed by atoms with Gasteiger partial charge in [-0.1, -0.05) is 41.4 Å². The van der Waals surface area contributed by atoms with Crippen molar-refractivity contribution in [2.75, 3.05) is 5.43 Å². The van der Waals surface area contributed by atoms with Gasteiger partial charge in [0.1, 0.15) is 18.0 Å². The van der Waals surface area contributed by atoms with Gasteiger partial charge in [0.25, 0.3) is 5.69 Å². The lowest BCUT2D eigenvalue weighted by molar-refractivity contribution is -0.393. The third kappa shape index (κ3) is 5.77. The van der Waals surface area contributed by atoms with E-state index in [-0.39, 0.29) is 11.4 Å². The molecule has 1 N–H and O–H groups in total. The van der Waals surface area contributed by atoms with Gasteiger partial charge in [-0.2, -0.15) is 5.10 Å². The second kappa shape index (κ2) is 9.68. The summed E-state index contributed by atoms with van der Waals surface area (Å²) in [4.78, 5) is 20.6. The average Bonchev–Trinajstić information content (AvgIpc) is 2.74. The summed E-state index contributed by atoms with van der Waals surface area (Å²) in [5.74, 6) is 0.522. The van der Waals surface area contributed by atoms with Crippen LogP contribution in [0.1, 0.15) is 16.7 Å². The molecule has 0 aromatic heterocycles. The summed E-state index contributed by atoms with van der Waals surface area (Å²) in [6.07, 6.45) is 1.40. The van der Waals surface area contributed by atoms with Gasteiger partial charge in [0.15, 0.2) is 0 Å². The molecule has 0 fully saturated rings. The second-order valence-electron chi connectivity index (χ2n) is 6.54. The van der Waals surface area contributed by atoms with Crippen LogP contribution in [0.2, 0.25) is 5.02 Å². The summed E-state index contributed by atoms with van der Waals surface area (Å²) in [5.41, 5.74) is 4.39. The molecule has 31 heavy (non-hydrogen) atoms. The van der Waals surface area contributed by atoms with Crippen LogP contribution >= 0.6 is 11.6 Å². The van der Waals surface area contributed by atoms with Crippen molar-refractivity contribution < 1.29 is 14.6 Å². The Bertz CT molecular complexity index is 1150. The van der Waals surface area contributed by atoms with Crippen molar-refractivity contribution in [1.29, 1.82) is 0 Å². The molecule has 3 aromatic rings. The molecule has 0 aliphatic carbocycles. The molecule has 0 saturated carbocycles. The lowest BCUT2D eigenvalue weighted by atomic mass is 10.1. The smallest absolute Gasteiger partial charge is 0.301 e. The van der Waals surface area contributed by atoms with E-state index < -0.39 is 15.5 Å². The molecule has 0 radical (unpaired) electrons. The van der Waals surface area contributed by atoms with E-state index >= 15 is 0 Å². The zero-order valence-corrected chi connectivity index (χ0v) is 17.1. The molecule has 0 amide bonds.